The highest BCUT2D eigenvalue weighted by molar-refractivity contribution is 7.81. The average molecular weight is 205 g/mol. The number of hydrogen-bond acceptors (Lipinski definition) is 4. The number of amides is 1. The molecule has 0 aliphatic carbocycles. The number of carbonyl (C=O) groups is 1. The Kier molecular flexibility index (Phi) is 3.58. The molecule has 13 heavy (non-hydrogen) atoms. The van der Waals surface area contributed by atoms with Crippen molar-refractivity contribution in [3.63, 3.8) is 0 Å². The Bertz CT molecular complexity index is 198. The Balaban J connectivity index is 2.53. The van der Waals surface area contributed by atoms with E-state index in [9.17, 15) is 9.90 Å². The second kappa shape index (κ2) is 4.30. The third-order valence-corrected chi connectivity index (χ3v) is 2.53. The molecule has 1 heterocycles. The van der Waals surface area contributed by atoms with E-state index >= 15 is 0 Å². The van der Waals surface area contributed by atoms with Crippen LogP contribution >= 0.6 is 12.6 Å². The number of aliphatic hydroxyl groups excluding tert-OH is 2. The van der Waals surface area contributed by atoms with Gasteiger partial charge in [-0.15, -0.1) is 0 Å². The first kappa shape index (κ1) is 10.8. The van der Waals surface area contributed by atoms with Crippen molar-refractivity contribution in [2.24, 2.45) is 5.92 Å². The number of likely N-dealkylation sites (tertiary alicyclic amines) is 1. The predicted molar refractivity (Wildman–Crippen MR) is 51.6 cm³/mol. The van der Waals surface area contributed by atoms with Gasteiger partial charge in [-0.1, -0.05) is 0 Å². The first-order chi connectivity index (χ1) is 6.06. The summed E-state index contributed by atoms with van der Waals surface area (Å²) in [7, 11) is 0. The van der Waals surface area contributed by atoms with Crippen LogP contribution in [0.5, 0.6) is 0 Å². The molecule has 3 unspecified atom stereocenters. The largest absolute Gasteiger partial charge is 0.396 e. The van der Waals surface area contributed by atoms with Crippen LogP contribution in [-0.2, 0) is 4.79 Å². The standard InChI is InChI=1S/C8H15NO3S/c1-5(13)8(12)9-2-6(4-10)7(11)3-9/h5-7,10-11,13H,2-4H2,1H3. The van der Waals surface area contributed by atoms with Crippen molar-refractivity contribution in [3.05, 3.63) is 0 Å². The van der Waals surface area contributed by atoms with Crippen LogP contribution in [0.15, 0.2) is 0 Å². The maximum Gasteiger partial charge on any atom is 0.235 e. The molecule has 0 aromatic heterocycles. The number of β-amino-alcohol motifs (C(OH)–C–C–N with tert-alkyl or cyclic N) is 1. The average Bonchev–Trinajstić information content (AvgIpc) is 2.45. The van der Waals surface area contributed by atoms with Gasteiger partial charge >= 0.3 is 0 Å². The van der Waals surface area contributed by atoms with Gasteiger partial charge in [0.25, 0.3) is 0 Å². The fourth-order valence-corrected chi connectivity index (χ4v) is 1.64. The molecule has 0 aromatic rings. The molecule has 0 radical (unpaired) electrons. The van der Waals surface area contributed by atoms with Gasteiger partial charge in [0, 0.05) is 19.0 Å². The van der Waals surface area contributed by atoms with Gasteiger partial charge < -0.3 is 15.1 Å². The topological polar surface area (TPSA) is 60.8 Å². The van der Waals surface area contributed by atoms with Crippen LogP contribution in [0.3, 0.4) is 0 Å². The van der Waals surface area contributed by atoms with Crippen molar-refractivity contribution in [1.29, 1.82) is 0 Å². The van der Waals surface area contributed by atoms with Crippen LogP contribution in [0.1, 0.15) is 6.92 Å². The molecular weight excluding hydrogens is 190 g/mol. The van der Waals surface area contributed by atoms with E-state index in [4.69, 9.17) is 5.11 Å². The van der Waals surface area contributed by atoms with Gasteiger partial charge in [-0.05, 0) is 6.92 Å². The van der Waals surface area contributed by atoms with Crippen LogP contribution in [0, 0.1) is 5.92 Å². The summed E-state index contributed by atoms with van der Waals surface area (Å²) >= 11 is 4.02. The van der Waals surface area contributed by atoms with Crippen LogP contribution < -0.4 is 0 Å². The van der Waals surface area contributed by atoms with E-state index in [1.165, 1.54) is 0 Å². The van der Waals surface area contributed by atoms with Crippen molar-refractivity contribution in [2.45, 2.75) is 18.3 Å². The van der Waals surface area contributed by atoms with Crippen molar-refractivity contribution in [3.8, 4) is 0 Å². The normalized spacial score (nSPS) is 30.6. The van der Waals surface area contributed by atoms with Crippen molar-refractivity contribution < 1.29 is 15.0 Å². The second-order valence-electron chi connectivity index (χ2n) is 3.43. The molecule has 4 nitrogen and oxygen atoms in total. The van der Waals surface area contributed by atoms with E-state index < -0.39 is 6.10 Å². The zero-order chi connectivity index (χ0) is 10.0. The molecule has 3 atom stereocenters. The fraction of sp³-hybridized carbons (Fsp3) is 0.875. The SMILES string of the molecule is CC(S)C(=O)N1CC(O)C(CO)C1. The van der Waals surface area contributed by atoms with Crippen LogP contribution in [0.2, 0.25) is 0 Å². The monoisotopic (exact) mass is 205 g/mol. The maximum absolute atomic E-state index is 11.4. The zero-order valence-electron chi connectivity index (χ0n) is 7.55. The third-order valence-electron chi connectivity index (χ3n) is 2.31. The molecule has 0 aromatic carbocycles. The Morgan fingerprint density at radius 2 is 2.31 bits per heavy atom. The Morgan fingerprint density at radius 1 is 1.69 bits per heavy atom. The highest BCUT2D eigenvalue weighted by Gasteiger charge is 2.34. The van der Waals surface area contributed by atoms with Crippen LogP contribution in [-0.4, -0.2) is 52.1 Å². The molecule has 5 heteroatoms. The molecule has 1 aliphatic rings. The van der Waals surface area contributed by atoms with Gasteiger partial charge in [-0.3, -0.25) is 4.79 Å². The van der Waals surface area contributed by atoms with Gasteiger partial charge in [0.15, 0.2) is 0 Å². The van der Waals surface area contributed by atoms with E-state index in [1.807, 2.05) is 0 Å². The fourth-order valence-electron chi connectivity index (χ4n) is 1.48. The molecule has 0 spiro atoms. The molecule has 1 fully saturated rings. The van der Waals surface area contributed by atoms with Gasteiger partial charge in [0.1, 0.15) is 0 Å². The summed E-state index contributed by atoms with van der Waals surface area (Å²) in [6.07, 6.45) is -0.596. The molecule has 1 rings (SSSR count). The molecular formula is C8H15NO3S. The minimum Gasteiger partial charge on any atom is -0.396 e. The molecule has 76 valence electrons. The molecule has 0 saturated carbocycles. The summed E-state index contributed by atoms with van der Waals surface area (Å²) in [5.41, 5.74) is 0. The lowest BCUT2D eigenvalue weighted by Gasteiger charge is -2.17. The summed E-state index contributed by atoms with van der Waals surface area (Å²) in [6, 6.07) is 0. The number of thiol groups is 1. The van der Waals surface area contributed by atoms with Gasteiger partial charge in [-0.25, -0.2) is 0 Å². The van der Waals surface area contributed by atoms with Crippen LogP contribution in [0.4, 0.5) is 0 Å². The molecule has 1 amide bonds. The predicted octanol–water partition coefficient (Wildman–Crippen LogP) is -0.884. The molecule has 1 saturated heterocycles. The second-order valence-corrected chi connectivity index (χ2v) is 4.20. The number of hydrogen-bond donors (Lipinski definition) is 3. The smallest absolute Gasteiger partial charge is 0.235 e. The van der Waals surface area contributed by atoms with E-state index in [0.717, 1.165) is 0 Å². The highest BCUT2D eigenvalue weighted by Crippen LogP contribution is 2.17. The summed E-state index contributed by atoms with van der Waals surface area (Å²) in [5.74, 6) is -0.283. The number of carbonyl (C=O) groups excluding carboxylic acids is 1. The van der Waals surface area contributed by atoms with E-state index in [0.29, 0.717) is 13.1 Å². The summed E-state index contributed by atoms with van der Waals surface area (Å²) in [5, 5.41) is 17.9. The molecule has 2 N–H and O–H groups in total. The lowest BCUT2D eigenvalue weighted by Crippen LogP contribution is -2.34. The minimum absolute atomic E-state index is 0.0775. The number of aliphatic hydroxyl groups is 2. The highest BCUT2D eigenvalue weighted by atomic mass is 32.1. The van der Waals surface area contributed by atoms with E-state index in [1.54, 1.807) is 11.8 Å². The minimum atomic E-state index is -0.596. The Hall–Kier alpha value is -0.260. The quantitative estimate of drug-likeness (QED) is 0.513. The molecule has 0 bridgehead atoms. The van der Waals surface area contributed by atoms with Crippen LogP contribution in [0.25, 0.3) is 0 Å². The Morgan fingerprint density at radius 3 is 2.69 bits per heavy atom. The zero-order valence-corrected chi connectivity index (χ0v) is 8.44. The van der Waals surface area contributed by atoms with Gasteiger partial charge in [-0.2, -0.15) is 12.6 Å². The summed E-state index contributed by atoms with van der Waals surface area (Å²) in [4.78, 5) is 13.0. The van der Waals surface area contributed by atoms with Crippen molar-refractivity contribution >= 4 is 18.5 Å². The number of rotatable bonds is 2. The third kappa shape index (κ3) is 2.36. The van der Waals surface area contributed by atoms with E-state index in [-0.39, 0.29) is 23.7 Å². The lowest BCUT2D eigenvalue weighted by atomic mass is 10.1. The van der Waals surface area contributed by atoms with Gasteiger partial charge in [0.05, 0.1) is 18.0 Å². The number of nitrogens with zero attached hydrogens (tertiary/aromatic N) is 1. The first-order valence-electron chi connectivity index (χ1n) is 4.32. The first-order valence-corrected chi connectivity index (χ1v) is 4.83. The lowest BCUT2D eigenvalue weighted by molar-refractivity contribution is -0.129. The summed E-state index contributed by atoms with van der Waals surface area (Å²) in [6.45, 7) is 2.37. The van der Waals surface area contributed by atoms with Gasteiger partial charge in [0.2, 0.25) is 5.91 Å². The van der Waals surface area contributed by atoms with Crippen molar-refractivity contribution in [2.75, 3.05) is 19.7 Å². The maximum atomic E-state index is 11.4. The molecule has 1 aliphatic heterocycles. The summed E-state index contributed by atoms with van der Waals surface area (Å²) < 4.78 is 0. The van der Waals surface area contributed by atoms with E-state index in [2.05, 4.69) is 12.6 Å². The van der Waals surface area contributed by atoms with Crippen molar-refractivity contribution in [1.82, 2.24) is 4.90 Å². The Labute approximate surface area is 83.0 Å².